The number of aryl methyl sites for hydroxylation is 1. The molecule has 4 nitrogen and oxygen atoms in total. The van der Waals surface area contributed by atoms with Gasteiger partial charge in [-0.25, -0.2) is 0 Å². The number of thiocarbonyl (C=S) groups is 1. The normalized spacial score (nSPS) is 25.6. The van der Waals surface area contributed by atoms with Gasteiger partial charge < -0.3 is 15.4 Å². The SMILES string of the molecule is COc1ccc2c(c1)CCCC21NC(=S)NC1=O. The van der Waals surface area contributed by atoms with Crippen LogP contribution in [0.5, 0.6) is 5.75 Å². The van der Waals surface area contributed by atoms with Gasteiger partial charge in [-0.2, -0.15) is 0 Å². The molecule has 1 aromatic carbocycles. The number of carbonyl (C=O) groups excluding carboxylic acids is 1. The van der Waals surface area contributed by atoms with Gasteiger partial charge in [0.1, 0.15) is 11.3 Å². The zero-order chi connectivity index (χ0) is 12.8. The fraction of sp³-hybridized carbons (Fsp3) is 0.385. The van der Waals surface area contributed by atoms with Crippen molar-refractivity contribution in [2.45, 2.75) is 24.8 Å². The number of ether oxygens (including phenoxy) is 1. The second-order valence-corrected chi connectivity index (χ2v) is 5.10. The highest BCUT2D eigenvalue weighted by Crippen LogP contribution is 2.38. The van der Waals surface area contributed by atoms with Gasteiger partial charge in [0.25, 0.3) is 5.91 Å². The first-order valence-corrected chi connectivity index (χ1v) is 6.37. The Balaban J connectivity index is 2.12. The lowest BCUT2D eigenvalue weighted by molar-refractivity contribution is -0.124. The van der Waals surface area contributed by atoms with Crippen LogP contribution in [-0.2, 0) is 16.8 Å². The number of benzene rings is 1. The first kappa shape index (κ1) is 11.5. The summed E-state index contributed by atoms with van der Waals surface area (Å²) in [5, 5.41) is 6.26. The Bertz CT molecular complexity index is 544. The van der Waals surface area contributed by atoms with E-state index < -0.39 is 5.54 Å². The lowest BCUT2D eigenvalue weighted by atomic mass is 9.76. The van der Waals surface area contributed by atoms with Gasteiger partial charge >= 0.3 is 0 Å². The second kappa shape index (κ2) is 3.95. The van der Waals surface area contributed by atoms with Crippen molar-refractivity contribution in [1.29, 1.82) is 0 Å². The Morgan fingerprint density at radius 1 is 1.44 bits per heavy atom. The van der Waals surface area contributed by atoms with E-state index >= 15 is 0 Å². The van der Waals surface area contributed by atoms with E-state index in [1.807, 2.05) is 18.2 Å². The molecule has 0 bridgehead atoms. The van der Waals surface area contributed by atoms with E-state index in [2.05, 4.69) is 10.6 Å². The summed E-state index contributed by atoms with van der Waals surface area (Å²) in [6, 6.07) is 5.86. The highest BCUT2D eigenvalue weighted by molar-refractivity contribution is 7.80. The van der Waals surface area contributed by atoms with E-state index in [1.165, 1.54) is 0 Å². The molecule has 5 heteroatoms. The topological polar surface area (TPSA) is 50.4 Å². The van der Waals surface area contributed by atoms with Gasteiger partial charge in [0.2, 0.25) is 0 Å². The van der Waals surface area contributed by atoms with Gasteiger partial charge in [0.15, 0.2) is 5.11 Å². The molecule has 1 amide bonds. The van der Waals surface area contributed by atoms with Crippen molar-refractivity contribution in [2.24, 2.45) is 0 Å². The van der Waals surface area contributed by atoms with Gasteiger partial charge in [-0.05, 0) is 54.7 Å². The third kappa shape index (κ3) is 1.50. The number of hydrogen-bond donors (Lipinski definition) is 2. The van der Waals surface area contributed by atoms with E-state index in [0.717, 1.165) is 36.1 Å². The molecule has 0 radical (unpaired) electrons. The number of nitrogens with one attached hydrogen (secondary N) is 2. The van der Waals surface area contributed by atoms with Crippen LogP contribution in [0.2, 0.25) is 0 Å². The minimum absolute atomic E-state index is 0.0429. The maximum atomic E-state index is 12.2. The molecule has 1 saturated heterocycles. The Labute approximate surface area is 111 Å². The standard InChI is InChI=1S/C13H14N2O2S/c1-17-9-4-5-10-8(7-9)3-2-6-13(10)11(16)14-12(18)15-13/h4-5,7H,2-3,6H2,1H3,(H2,14,15,16,18). The van der Waals surface area contributed by atoms with E-state index in [4.69, 9.17) is 17.0 Å². The molecule has 2 N–H and O–H groups in total. The van der Waals surface area contributed by atoms with Gasteiger partial charge in [-0.15, -0.1) is 0 Å². The van der Waals surface area contributed by atoms with Gasteiger partial charge in [0, 0.05) is 0 Å². The third-order valence-corrected chi connectivity index (χ3v) is 3.92. The fourth-order valence-corrected chi connectivity index (χ4v) is 3.12. The van der Waals surface area contributed by atoms with Crippen LogP contribution in [0, 0.1) is 0 Å². The van der Waals surface area contributed by atoms with Crippen LogP contribution in [0.25, 0.3) is 0 Å². The van der Waals surface area contributed by atoms with E-state index in [-0.39, 0.29) is 5.91 Å². The average Bonchev–Trinajstić information content (AvgIpc) is 2.64. The summed E-state index contributed by atoms with van der Waals surface area (Å²) >= 11 is 5.06. The van der Waals surface area contributed by atoms with Crippen LogP contribution < -0.4 is 15.4 Å². The molecule has 1 aromatic rings. The molecule has 1 fully saturated rings. The minimum Gasteiger partial charge on any atom is -0.497 e. The van der Waals surface area contributed by atoms with Crippen molar-refractivity contribution < 1.29 is 9.53 Å². The number of hydrogen-bond acceptors (Lipinski definition) is 3. The predicted molar refractivity (Wildman–Crippen MR) is 71.5 cm³/mol. The van der Waals surface area contributed by atoms with Crippen LogP contribution >= 0.6 is 12.2 Å². The van der Waals surface area contributed by atoms with E-state index in [9.17, 15) is 4.79 Å². The molecular weight excluding hydrogens is 248 g/mol. The molecule has 0 saturated carbocycles. The molecule has 1 atom stereocenters. The molecular formula is C13H14N2O2S. The van der Waals surface area contributed by atoms with Crippen molar-refractivity contribution in [3.05, 3.63) is 29.3 Å². The molecule has 1 heterocycles. The maximum Gasteiger partial charge on any atom is 0.256 e. The number of rotatable bonds is 1. The average molecular weight is 262 g/mol. The summed E-state index contributed by atoms with van der Waals surface area (Å²) < 4.78 is 5.23. The second-order valence-electron chi connectivity index (χ2n) is 4.69. The summed E-state index contributed by atoms with van der Waals surface area (Å²) in [4.78, 5) is 12.2. The fourth-order valence-electron chi connectivity index (χ4n) is 2.86. The maximum absolute atomic E-state index is 12.2. The monoisotopic (exact) mass is 262 g/mol. The highest BCUT2D eigenvalue weighted by atomic mass is 32.1. The van der Waals surface area contributed by atoms with Crippen molar-refractivity contribution >= 4 is 23.2 Å². The van der Waals surface area contributed by atoms with Gasteiger partial charge in [-0.3, -0.25) is 4.79 Å². The molecule has 2 aliphatic rings. The first-order valence-electron chi connectivity index (χ1n) is 5.97. The Hall–Kier alpha value is -1.62. The predicted octanol–water partition coefficient (Wildman–Crippen LogP) is 1.23. The van der Waals surface area contributed by atoms with Crippen LogP contribution in [0.4, 0.5) is 0 Å². The number of fused-ring (bicyclic) bond motifs is 2. The summed E-state index contributed by atoms with van der Waals surface area (Å²) in [5.74, 6) is 0.783. The van der Waals surface area contributed by atoms with Crippen LogP contribution in [0.15, 0.2) is 18.2 Å². The van der Waals surface area contributed by atoms with E-state index in [1.54, 1.807) is 7.11 Å². The van der Waals surface area contributed by atoms with Gasteiger partial charge in [0.05, 0.1) is 7.11 Å². The molecule has 1 aliphatic carbocycles. The lowest BCUT2D eigenvalue weighted by Gasteiger charge is -2.33. The molecule has 3 rings (SSSR count). The molecule has 18 heavy (non-hydrogen) atoms. The van der Waals surface area contributed by atoms with Crippen LogP contribution in [-0.4, -0.2) is 18.1 Å². The summed E-state index contributed by atoms with van der Waals surface area (Å²) in [5.41, 5.74) is 1.51. The minimum atomic E-state index is -0.670. The number of amides is 1. The summed E-state index contributed by atoms with van der Waals surface area (Å²) in [7, 11) is 1.65. The molecule has 1 spiro atoms. The molecule has 1 unspecified atom stereocenters. The first-order chi connectivity index (χ1) is 8.65. The van der Waals surface area contributed by atoms with Crippen molar-refractivity contribution in [1.82, 2.24) is 10.6 Å². The summed E-state index contributed by atoms with van der Waals surface area (Å²) in [6.07, 6.45) is 2.71. The molecule has 1 aliphatic heterocycles. The zero-order valence-electron chi connectivity index (χ0n) is 10.1. The van der Waals surface area contributed by atoms with Gasteiger partial charge in [-0.1, -0.05) is 6.07 Å². The van der Waals surface area contributed by atoms with Crippen molar-refractivity contribution in [2.75, 3.05) is 7.11 Å². The Kier molecular flexibility index (Phi) is 2.52. The Morgan fingerprint density at radius 3 is 2.94 bits per heavy atom. The highest BCUT2D eigenvalue weighted by Gasteiger charge is 2.48. The number of methoxy groups -OCH3 is 1. The smallest absolute Gasteiger partial charge is 0.256 e. The quantitative estimate of drug-likeness (QED) is 0.748. The van der Waals surface area contributed by atoms with Crippen molar-refractivity contribution in [3.63, 3.8) is 0 Å². The van der Waals surface area contributed by atoms with Crippen LogP contribution in [0.1, 0.15) is 24.0 Å². The third-order valence-electron chi connectivity index (χ3n) is 3.71. The number of carbonyl (C=O) groups is 1. The lowest BCUT2D eigenvalue weighted by Crippen LogP contribution is -2.46. The zero-order valence-corrected chi connectivity index (χ0v) is 10.9. The van der Waals surface area contributed by atoms with Crippen LogP contribution in [0.3, 0.4) is 0 Å². The Morgan fingerprint density at radius 2 is 2.28 bits per heavy atom. The van der Waals surface area contributed by atoms with E-state index in [0.29, 0.717) is 5.11 Å². The summed E-state index contributed by atoms with van der Waals surface area (Å²) in [6.45, 7) is 0. The van der Waals surface area contributed by atoms with Crippen molar-refractivity contribution in [3.8, 4) is 5.75 Å². The largest absolute Gasteiger partial charge is 0.497 e. The molecule has 94 valence electrons. The molecule has 0 aromatic heterocycles.